The molecule has 0 aliphatic rings. The number of rotatable bonds is 3. The van der Waals surface area contributed by atoms with E-state index >= 15 is 0 Å². The fraction of sp³-hybridized carbons (Fsp3) is 0.143. The molecule has 0 aliphatic carbocycles. The SMILES string of the molecule is NC(=O)CN=C(N)c1cnccn1. The molecule has 0 radical (unpaired) electrons. The van der Waals surface area contributed by atoms with Crippen molar-refractivity contribution in [2.24, 2.45) is 16.5 Å². The Morgan fingerprint density at radius 1 is 1.46 bits per heavy atom. The predicted molar refractivity (Wildman–Crippen MR) is 46.8 cm³/mol. The Kier molecular flexibility index (Phi) is 2.91. The zero-order chi connectivity index (χ0) is 9.68. The molecule has 0 aliphatic heterocycles. The highest BCUT2D eigenvalue weighted by atomic mass is 16.1. The van der Waals surface area contributed by atoms with Gasteiger partial charge in [0.15, 0.2) is 0 Å². The van der Waals surface area contributed by atoms with Crippen molar-refractivity contribution >= 4 is 11.7 Å². The number of amidine groups is 1. The fourth-order valence-corrected chi connectivity index (χ4v) is 0.675. The van der Waals surface area contributed by atoms with Crippen LogP contribution in [0.3, 0.4) is 0 Å². The molecule has 0 saturated heterocycles. The predicted octanol–water partition coefficient (Wildman–Crippen LogP) is -1.33. The Bertz CT molecular complexity index is 321. The van der Waals surface area contributed by atoms with Gasteiger partial charge in [0.05, 0.1) is 6.20 Å². The van der Waals surface area contributed by atoms with E-state index in [9.17, 15) is 4.79 Å². The molecule has 4 N–H and O–H groups in total. The molecule has 0 spiro atoms. The van der Waals surface area contributed by atoms with Gasteiger partial charge in [0.1, 0.15) is 18.1 Å². The number of hydrogen-bond donors (Lipinski definition) is 2. The molecular formula is C7H9N5O. The lowest BCUT2D eigenvalue weighted by Gasteiger charge is -1.96. The molecule has 6 nitrogen and oxygen atoms in total. The third-order valence-corrected chi connectivity index (χ3v) is 1.23. The van der Waals surface area contributed by atoms with Crippen LogP contribution in [0.1, 0.15) is 5.69 Å². The van der Waals surface area contributed by atoms with Crippen molar-refractivity contribution < 1.29 is 4.79 Å². The number of hydrogen-bond acceptors (Lipinski definition) is 4. The second kappa shape index (κ2) is 4.15. The molecule has 0 bridgehead atoms. The van der Waals surface area contributed by atoms with Crippen molar-refractivity contribution in [2.75, 3.05) is 6.54 Å². The third kappa shape index (κ3) is 2.86. The summed E-state index contributed by atoms with van der Waals surface area (Å²) in [6, 6.07) is 0. The zero-order valence-electron chi connectivity index (χ0n) is 6.84. The summed E-state index contributed by atoms with van der Waals surface area (Å²) in [4.78, 5) is 21.7. The van der Waals surface area contributed by atoms with Crippen LogP contribution in [0, 0.1) is 0 Å². The van der Waals surface area contributed by atoms with E-state index in [0.717, 1.165) is 0 Å². The van der Waals surface area contributed by atoms with Gasteiger partial charge in [-0.3, -0.25) is 14.8 Å². The number of aromatic nitrogens is 2. The number of aliphatic imine (C=N–C) groups is 1. The molecular weight excluding hydrogens is 170 g/mol. The van der Waals surface area contributed by atoms with Crippen LogP contribution in [0.4, 0.5) is 0 Å². The van der Waals surface area contributed by atoms with E-state index in [2.05, 4.69) is 15.0 Å². The van der Waals surface area contributed by atoms with Gasteiger partial charge in [-0.2, -0.15) is 0 Å². The van der Waals surface area contributed by atoms with Crippen LogP contribution in [0.2, 0.25) is 0 Å². The number of nitrogens with two attached hydrogens (primary N) is 2. The molecule has 1 rings (SSSR count). The molecule has 0 atom stereocenters. The normalized spacial score (nSPS) is 11.2. The van der Waals surface area contributed by atoms with Gasteiger partial charge in [-0.1, -0.05) is 0 Å². The summed E-state index contributed by atoms with van der Waals surface area (Å²) in [5, 5.41) is 0. The first-order chi connectivity index (χ1) is 6.20. The van der Waals surface area contributed by atoms with Crippen LogP contribution >= 0.6 is 0 Å². The van der Waals surface area contributed by atoms with Gasteiger partial charge in [0, 0.05) is 12.4 Å². The lowest BCUT2D eigenvalue weighted by Crippen LogP contribution is -2.20. The van der Waals surface area contributed by atoms with Crippen molar-refractivity contribution in [3.8, 4) is 0 Å². The van der Waals surface area contributed by atoms with Crippen molar-refractivity contribution in [2.45, 2.75) is 0 Å². The van der Waals surface area contributed by atoms with Crippen LogP contribution in [0.5, 0.6) is 0 Å². The number of primary amides is 1. The summed E-state index contributed by atoms with van der Waals surface area (Å²) in [7, 11) is 0. The summed E-state index contributed by atoms with van der Waals surface area (Å²) in [6.45, 7) is -0.137. The number of carbonyl (C=O) groups excluding carboxylic acids is 1. The monoisotopic (exact) mass is 179 g/mol. The smallest absolute Gasteiger partial charge is 0.239 e. The highest BCUT2D eigenvalue weighted by molar-refractivity contribution is 5.96. The summed E-state index contributed by atoms with van der Waals surface area (Å²) in [6.07, 6.45) is 4.46. The lowest BCUT2D eigenvalue weighted by atomic mass is 10.4. The standard InChI is InChI=1S/C7H9N5O/c8-6(13)4-12-7(9)5-3-10-1-2-11-5/h1-3H,4H2,(H2,8,13)(H2,9,12). The van der Waals surface area contributed by atoms with Crippen molar-refractivity contribution in [3.05, 3.63) is 24.3 Å². The van der Waals surface area contributed by atoms with Gasteiger partial charge < -0.3 is 11.5 Å². The summed E-state index contributed by atoms with van der Waals surface area (Å²) < 4.78 is 0. The number of carbonyl (C=O) groups is 1. The Labute approximate surface area is 74.7 Å². The van der Waals surface area contributed by atoms with E-state index in [-0.39, 0.29) is 12.4 Å². The molecule has 0 unspecified atom stereocenters. The van der Waals surface area contributed by atoms with Crippen LogP contribution in [-0.2, 0) is 4.79 Å². The Morgan fingerprint density at radius 3 is 2.77 bits per heavy atom. The molecule has 13 heavy (non-hydrogen) atoms. The first-order valence-corrected chi connectivity index (χ1v) is 3.55. The van der Waals surface area contributed by atoms with Crippen molar-refractivity contribution in [1.29, 1.82) is 0 Å². The van der Waals surface area contributed by atoms with E-state index in [1.165, 1.54) is 18.6 Å². The van der Waals surface area contributed by atoms with E-state index in [0.29, 0.717) is 5.69 Å². The van der Waals surface area contributed by atoms with E-state index < -0.39 is 5.91 Å². The maximum Gasteiger partial charge on any atom is 0.239 e. The molecule has 0 fully saturated rings. The summed E-state index contributed by atoms with van der Waals surface area (Å²) in [5.74, 6) is -0.376. The average molecular weight is 179 g/mol. The minimum atomic E-state index is -0.535. The molecule has 6 heteroatoms. The topological polar surface area (TPSA) is 107 Å². The van der Waals surface area contributed by atoms with Crippen molar-refractivity contribution in [1.82, 2.24) is 9.97 Å². The van der Waals surface area contributed by atoms with Crippen LogP contribution < -0.4 is 11.5 Å². The van der Waals surface area contributed by atoms with E-state index in [4.69, 9.17) is 11.5 Å². The molecule has 68 valence electrons. The first-order valence-electron chi connectivity index (χ1n) is 3.55. The lowest BCUT2D eigenvalue weighted by molar-refractivity contribution is -0.116. The largest absolute Gasteiger partial charge is 0.382 e. The Morgan fingerprint density at radius 2 is 2.23 bits per heavy atom. The molecule has 1 heterocycles. The van der Waals surface area contributed by atoms with E-state index in [1.807, 2.05) is 0 Å². The minimum absolute atomic E-state index is 0.137. The summed E-state index contributed by atoms with van der Waals surface area (Å²) >= 11 is 0. The quantitative estimate of drug-likeness (QED) is 0.442. The maximum absolute atomic E-state index is 10.4. The summed E-state index contributed by atoms with van der Waals surface area (Å²) in [5.41, 5.74) is 10.8. The first kappa shape index (κ1) is 9.11. The number of nitrogens with zero attached hydrogens (tertiary/aromatic N) is 3. The molecule has 1 amide bonds. The zero-order valence-corrected chi connectivity index (χ0v) is 6.84. The molecule has 0 aromatic carbocycles. The van der Waals surface area contributed by atoms with Crippen LogP contribution in [-0.4, -0.2) is 28.3 Å². The fourth-order valence-electron chi connectivity index (χ4n) is 0.675. The van der Waals surface area contributed by atoms with Gasteiger partial charge in [0.25, 0.3) is 0 Å². The molecule has 1 aromatic rings. The van der Waals surface area contributed by atoms with Crippen molar-refractivity contribution in [3.63, 3.8) is 0 Å². The van der Waals surface area contributed by atoms with Crippen LogP contribution in [0.15, 0.2) is 23.6 Å². The van der Waals surface area contributed by atoms with Gasteiger partial charge in [-0.15, -0.1) is 0 Å². The van der Waals surface area contributed by atoms with E-state index in [1.54, 1.807) is 0 Å². The van der Waals surface area contributed by atoms with Crippen LogP contribution in [0.25, 0.3) is 0 Å². The third-order valence-electron chi connectivity index (χ3n) is 1.23. The molecule has 0 saturated carbocycles. The Balaban J connectivity index is 2.73. The van der Waals surface area contributed by atoms with Gasteiger partial charge >= 0.3 is 0 Å². The second-order valence-corrected chi connectivity index (χ2v) is 2.26. The molecule has 1 aromatic heterocycles. The average Bonchev–Trinajstić information content (AvgIpc) is 2.15. The van der Waals surface area contributed by atoms with Gasteiger partial charge in [0.2, 0.25) is 5.91 Å². The second-order valence-electron chi connectivity index (χ2n) is 2.26. The number of amides is 1. The highest BCUT2D eigenvalue weighted by Gasteiger charge is 1.99. The highest BCUT2D eigenvalue weighted by Crippen LogP contribution is 1.88. The van der Waals surface area contributed by atoms with Gasteiger partial charge in [-0.05, 0) is 0 Å². The van der Waals surface area contributed by atoms with Gasteiger partial charge in [-0.25, -0.2) is 4.98 Å². The maximum atomic E-state index is 10.4. The Hall–Kier alpha value is -1.98. The minimum Gasteiger partial charge on any atom is -0.382 e.